The number of hydrogen-bond donors (Lipinski definition) is 1. The SMILES string of the molecule is CC(C)(C)CC(N)c1cccnc1Cl. The van der Waals surface area contributed by atoms with Gasteiger partial charge in [0.05, 0.1) is 0 Å². The summed E-state index contributed by atoms with van der Waals surface area (Å²) in [5.74, 6) is 0. The minimum atomic E-state index is -0.0313. The van der Waals surface area contributed by atoms with Crippen LogP contribution in [0.1, 0.15) is 38.8 Å². The van der Waals surface area contributed by atoms with Crippen molar-refractivity contribution in [2.75, 3.05) is 0 Å². The third kappa shape index (κ3) is 3.28. The summed E-state index contributed by atoms with van der Waals surface area (Å²) < 4.78 is 0. The first-order valence-electron chi connectivity index (χ1n) is 4.76. The predicted molar refractivity (Wildman–Crippen MR) is 60.2 cm³/mol. The summed E-state index contributed by atoms with van der Waals surface area (Å²) in [7, 11) is 0. The topological polar surface area (TPSA) is 38.9 Å². The molecule has 0 aliphatic carbocycles. The average molecular weight is 213 g/mol. The molecule has 2 N–H and O–H groups in total. The van der Waals surface area contributed by atoms with E-state index in [4.69, 9.17) is 17.3 Å². The molecule has 1 rings (SSSR count). The number of halogens is 1. The highest BCUT2D eigenvalue weighted by atomic mass is 35.5. The molecule has 1 unspecified atom stereocenters. The maximum Gasteiger partial charge on any atom is 0.133 e. The first-order chi connectivity index (χ1) is 6.40. The van der Waals surface area contributed by atoms with E-state index in [1.165, 1.54) is 0 Å². The van der Waals surface area contributed by atoms with Gasteiger partial charge >= 0.3 is 0 Å². The molecule has 0 spiro atoms. The smallest absolute Gasteiger partial charge is 0.133 e. The minimum Gasteiger partial charge on any atom is -0.324 e. The van der Waals surface area contributed by atoms with Gasteiger partial charge in [-0.2, -0.15) is 0 Å². The molecule has 14 heavy (non-hydrogen) atoms. The van der Waals surface area contributed by atoms with Gasteiger partial charge in [0.2, 0.25) is 0 Å². The second-order valence-corrected chi connectivity index (χ2v) is 5.11. The zero-order valence-corrected chi connectivity index (χ0v) is 9.67. The Morgan fingerprint density at radius 1 is 1.50 bits per heavy atom. The summed E-state index contributed by atoms with van der Waals surface area (Å²) in [5.41, 5.74) is 7.20. The number of rotatable bonds is 2. The fourth-order valence-corrected chi connectivity index (χ4v) is 1.70. The first kappa shape index (κ1) is 11.5. The number of aromatic nitrogens is 1. The van der Waals surface area contributed by atoms with Gasteiger partial charge in [-0.25, -0.2) is 4.98 Å². The lowest BCUT2D eigenvalue weighted by molar-refractivity contribution is 0.342. The molecule has 0 radical (unpaired) electrons. The third-order valence-electron chi connectivity index (χ3n) is 2.02. The van der Waals surface area contributed by atoms with Crippen LogP contribution in [0, 0.1) is 5.41 Å². The fraction of sp³-hybridized carbons (Fsp3) is 0.545. The van der Waals surface area contributed by atoms with Crippen LogP contribution in [0.25, 0.3) is 0 Å². The molecular formula is C11H17ClN2. The normalized spacial score (nSPS) is 14.1. The molecule has 0 aliphatic heterocycles. The molecule has 2 nitrogen and oxygen atoms in total. The van der Waals surface area contributed by atoms with Gasteiger partial charge < -0.3 is 5.73 Å². The average Bonchev–Trinajstić information content (AvgIpc) is 2.01. The third-order valence-corrected chi connectivity index (χ3v) is 2.34. The Hall–Kier alpha value is -0.600. The molecule has 0 aliphatic rings. The molecule has 0 bridgehead atoms. The summed E-state index contributed by atoms with van der Waals surface area (Å²) in [4.78, 5) is 4.02. The van der Waals surface area contributed by atoms with Gasteiger partial charge in [0.15, 0.2) is 0 Å². The quantitative estimate of drug-likeness (QED) is 0.765. The Bertz CT molecular complexity index is 304. The van der Waals surface area contributed by atoms with Crippen LogP contribution in [0.15, 0.2) is 18.3 Å². The molecule has 0 fully saturated rings. The largest absolute Gasteiger partial charge is 0.324 e. The monoisotopic (exact) mass is 212 g/mol. The van der Waals surface area contributed by atoms with Crippen molar-refractivity contribution in [2.24, 2.45) is 11.1 Å². The Morgan fingerprint density at radius 3 is 2.64 bits per heavy atom. The van der Waals surface area contributed by atoms with E-state index in [0.717, 1.165) is 12.0 Å². The van der Waals surface area contributed by atoms with Crippen molar-refractivity contribution < 1.29 is 0 Å². The van der Waals surface area contributed by atoms with Crippen molar-refractivity contribution in [3.8, 4) is 0 Å². The summed E-state index contributed by atoms with van der Waals surface area (Å²) in [6.45, 7) is 6.49. The van der Waals surface area contributed by atoms with Crippen LogP contribution in [-0.2, 0) is 0 Å². The number of nitrogens with zero attached hydrogens (tertiary/aromatic N) is 1. The van der Waals surface area contributed by atoms with Crippen LogP contribution < -0.4 is 5.73 Å². The lowest BCUT2D eigenvalue weighted by Crippen LogP contribution is -2.19. The zero-order valence-electron chi connectivity index (χ0n) is 8.92. The highest BCUT2D eigenvalue weighted by Crippen LogP contribution is 2.29. The highest BCUT2D eigenvalue weighted by molar-refractivity contribution is 6.30. The molecule has 0 aromatic carbocycles. The number of nitrogens with two attached hydrogens (primary N) is 1. The Morgan fingerprint density at radius 2 is 2.14 bits per heavy atom. The van der Waals surface area contributed by atoms with Crippen LogP contribution in [0.3, 0.4) is 0 Å². The van der Waals surface area contributed by atoms with Crippen LogP contribution in [0.4, 0.5) is 0 Å². The zero-order chi connectivity index (χ0) is 10.8. The molecule has 1 atom stereocenters. The molecule has 3 heteroatoms. The molecule has 78 valence electrons. The van der Waals surface area contributed by atoms with E-state index >= 15 is 0 Å². The molecule has 0 saturated heterocycles. The van der Waals surface area contributed by atoms with Crippen LogP contribution in [0.5, 0.6) is 0 Å². The van der Waals surface area contributed by atoms with E-state index in [1.807, 2.05) is 12.1 Å². The molecule has 0 saturated carbocycles. The predicted octanol–water partition coefficient (Wildman–Crippen LogP) is 3.17. The van der Waals surface area contributed by atoms with Crippen molar-refractivity contribution in [2.45, 2.75) is 33.2 Å². The van der Waals surface area contributed by atoms with E-state index in [2.05, 4.69) is 25.8 Å². The maximum atomic E-state index is 6.06. The molecular weight excluding hydrogens is 196 g/mol. The molecule has 0 amide bonds. The Kier molecular flexibility index (Phi) is 3.51. The lowest BCUT2D eigenvalue weighted by atomic mass is 9.86. The van der Waals surface area contributed by atoms with Gasteiger partial charge in [0, 0.05) is 17.8 Å². The first-order valence-corrected chi connectivity index (χ1v) is 5.14. The van der Waals surface area contributed by atoms with Crippen LogP contribution in [0.2, 0.25) is 5.15 Å². The van der Waals surface area contributed by atoms with Gasteiger partial charge in [0.25, 0.3) is 0 Å². The van der Waals surface area contributed by atoms with E-state index in [1.54, 1.807) is 6.20 Å². The number of hydrogen-bond acceptors (Lipinski definition) is 2. The van der Waals surface area contributed by atoms with Crippen molar-refractivity contribution in [1.82, 2.24) is 4.98 Å². The van der Waals surface area contributed by atoms with Crippen molar-refractivity contribution in [3.05, 3.63) is 29.0 Å². The lowest BCUT2D eigenvalue weighted by Gasteiger charge is -2.23. The van der Waals surface area contributed by atoms with Gasteiger partial charge in [0.1, 0.15) is 5.15 Å². The van der Waals surface area contributed by atoms with E-state index < -0.39 is 0 Å². The summed E-state index contributed by atoms with van der Waals surface area (Å²) in [6.07, 6.45) is 2.58. The highest BCUT2D eigenvalue weighted by Gasteiger charge is 2.18. The minimum absolute atomic E-state index is 0.0313. The fourth-order valence-electron chi connectivity index (χ4n) is 1.44. The standard InChI is InChI=1S/C11H17ClN2/c1-11(2,3)7-9(13)8-5-4-6-14-10(8)12/h4-6,9H,7,13H2,1-3H3. The van der Waals surface area contributed by atoms with E-state index in [0.29, 0.717) is 5.15 Å². The second kappa shape index (κ2) is 4.28. The van der Waals surface area contributed by atoms with Gasteiger partial charge in [-0.05, 0) is 17.9 Å². The van der Waals surface area contributed by atoms with Crippen LogP contribution >= 0.6 is 11.6 Å². The van der Waals surface area contributed by atoms with Gasteiger partial charge in [-0.1, -0.05) is 38.4 Å². The van der Waals surface area contributed by atoms with E-state index in [-0.39, 0.29) is 11.5 Å². The van der Waals surface area contributed by atoms with E-state index in [9.17, 15) is 0 Å². The van der Waals surface area contributed by atoms with Crippen molar-refractivity contribution in [3.63, 3.8) is 0 Å². The summed E-state index contributed by atoms with van der Waals surface area (Å²) in [6, 6.07) is 3.77. The van der Waals surface area contributed by atoms with Gasteiger partial charge in [-0.15, -0.1) is 0 Å². The summed E-state index contributed by atoms with van der Waals surface area (Å²) in [5, 5.41) is 0.518. The number of pyridine rings is 1. The van der Waals surface area contributed by atoms with Crippen molar-refractivity contribution >= 4 is 11.6 Å². The second-order valence-electron chi connectivity index (χ2n) is 4.75. The van der Waals surface area contributed by atoms with Gasteiger partial charge in [-0.3, -0.25) is 0 Å². The molecule has 1 heterocycles. The van der Waals surface area contributed by atoms with Crippen molar-refractivity contribution in [1.29, 1.82) is 0 Å². The molecule has 1 aromatic rings. The molecule has 1 aromatic heterocycles. The maximum absolute atomic E-state index is 6.06. The summed E-state index contributed by atoms with van der Waals surface area (Å²) >= 11 is 5.96. The Labute approximate surface area is 90.5 Å². The Balaban J connectivity index is 2.80. The van der Waals surface area contributed by atoms with Crippen LogP contribution in [-0.4, -0.2) is 4.98 Å².